The van der Waals surface area contributed by atoms with Crippen LogP contribution in [0.1, 0.15) is 45.6 Å². The Morgan fingerprint density at radius 3 is 2.23 bits per heavy atom. The number of imidazole rings is 1. The number of nitrogens with zero attached hydrogens (tertiary/aromatic N) is 4. The molecule has 0 bridgehead atoms. The van der Waals surface area contributed by atoms with Gasteiger partial charge in [-0.3, -0.25) is 9.08 Å². The van der Waals surface area contributed by atoms with E-state index in [0.717, 1.165) is 64.1 Å². The van der Waals surface area contributed by atoms with Gasteiger partial charge in [0.05, 0.1) is 23.1 Å². The van der Waals surface area contributed by atoms with Crippen LogP contribution < -0.4 is 5.32 Å². The molecule has 7 heteroatoms. The Labute approximate surface area is 228 Å². The molecule has 0 spiro atoms. The predicted molar refractivity (Wildman–Crippen MR) is 153 cm³/mol. The van der Waals surface area contributed by atoms with Crippen molar-refractivity contribution < 1.29 is 9.53 Å². The lowest BCUT2D eigenvalue weighted by Crippen LogP contribution is -2.52. The number of alkyl carbamates (subject to hydrolysis) is 1. The Kier molecular flexibility index (Phi) is 6.02. The average Bonchev–Trinajstić information content (AvgIpc) is 3.49. The molecule has 1 aliphatic carbocycles. The molecule has 0 aliphatic heterocycles. The monoisotopic (exact) mass is 519 g/mol. The molecule has 0 saturated heterocycles. The normalized spacial score (nSPS) is 14.7. The summed E-state index contributed by atoms with van der Waals surface area (Å²) < 4.78 is 9.53. The Morgan fingerprint density at radius 2 is 1.62 bits per heavy atom. The zero-order chi connectivity index (χ0) is 27.2. The van der Waals surface area contributed by atoms with Crippen molar-refractivity contribution in [3.05, 3.63) is 90.9 Å². The van der Waals surface area contributed by atoms with E-state index in [4.69, 9.17) is 9.72 Å². The smallest absolute Gasteiger partial charge is 0.408 e. The highest BCUT2D eigenvalue weighted by atomic mass is 16.6. The topological polar surface area (TPSA) is 73.5 Å². The van der Waals surface area contributed by atoms with Gasteiger partial charge in [0.2, 0.25) is 0 Å². The minimum Gasteiger partial charge on any atom is -0.444 e. The van der Waals surface area contributed by atoms with E-state index < -0.39 is 5.60 Å². The number of pyridine rings is 1. The Bertz CT molecular complexity index is 1640. The van der Waals surface area contributed by atoms with Crippen LogP contribution in [0.2, 0.25) is 0 Å². The van der Waals surface area contributed by atoms with Crippen LogP contribution in [0.25, 0.3) is 39.3 Å². The number of amides is 1. The summed E-state index contributed by atoms with van der Waals surface area (Å²) in [6.45, 7) is 5.65. The number of hydrogen-bond donors (Lipinski definition) is 1. The van der Waals surface area contributed by atoms with Gasteiger partial charge in [0.1, 0.15) is 11.2 Å². The summed E-state index contributed by atoms with van der Waals surface area (Å²) in [4.78, 5) is 17.7. The van der Waals surface area contributed by atoms with Crippen LogP contribution in [0.3, 0.4) is 0 Å². The molecule has 3 aromatic heterocycles. The zero-order valence-electron chi connectivity index (χ0n) is 22.8. The van der Waals surface area contributed by atoms with Crippen LogP contribution >= 0.6 is 0 Å². The number of carbonyl (C=O) groups is 1. The Morgan fingerprint density at radius 1 is 0.897 bits per heavy atom. The molecule has 2 aromatic carbocycles. The highest BCUT2D eigenvalue weighted by molar-refractivity contribution is 5.83. The summed E-state index contributed by atoms with van der Waals surface area (Å²) in [7, 11) is 1.92. The lowest BCUT2D eigenvalue weighted by Gasteiger charge is -2.43. The molecule has 1 fully saturated rings. The van der Waals surface area contributed by atoms with Gasteiger partial charge in [0, 0.05) is 41.7 Å². The van der Waals surface area contributed by atoms with Crippen LogP contribution in [0.5, 0.6) is 0 Å². The molecular weight excluding hydrogens is 486 g/mol. The quantitative estimate of drug-likeness (QED) is 0.272. The molecule has 5 aromatic rings. The first-order valence-electron chi connectivity index (χ1n) is 13.4. The third-order valence-electron chi connectivity index (χ3n) is 7.36. The molecule has 7 nitrogen and oxygen atoms in total. The summed E-state index contributed by atoms with van der Waals surface area (Å²) in [6.07, 6.45) is 8.51. The molecule has 0 radical (unpaired) electrons. The summed E-state index contributed by atoms with van der Waals surface area (Å²) in [5.74, 6) is 0. The molecule has 1 amide bonds. The fourth-order valence-electron chi connectivity index (χ4n) is 5.32. The number of aromatic nitrogens is 4. The number of carbonyl (C=O) groups excluding carboxylic acids is 1. The standard InChI is InChI=1S/C32H33N5O2/c1-31(2,3)39-30(38)35-32(17-8-18-32)26-14-11-22(12-15-26)28-29(23-9-6-5-7-10-23)37-21-24(13-16-27(37)34-28)25-19-33-36(4)20-25/h5-7,9-16,19-21H,8,17-18H2,1-4H3,(H,35,38). The van der Waals surface area contributed by atoms with E-state index in [-0.39, 0.29) is 11.6 Å². The van der Waals surface area contributed by atoms with Crippen LogP contribution in [0.4, 0.5) is 4.79 Å². The lowest BCUT2D eigenvalue weighted by atomic mass is 9.71. The molecule has 6 rings (SSSR count). The predicted octanol–water partition coefficient (Wildman–Crippen LogP) is 6.97. The van der Waals surface area contributed by atoms with Crippen molar-refractivity contribution in [3.8, 4) is 33.6 Å². The van der Waals surface area contributed by atoms with Crippen molar-refractivity contribution in [3.63, 3.8) is 0 Å². The highest BCUT2D eigenvalue weighted by Gasteiger charge is 2.41. The largest absolute Gasteiger partial charge is 0.444 e. The maximum atomic E-state index is 12.6. The summed E-state index contributed by atoms with van der Waals surface area (Å²) >= 11 is 0. The molecule has 39 heavy (non-hydrogen) atoms. The number of aryl methyl sites for hydroxylation is 1. The van der Waals surface area contributed by atoms with Crippen molar-refractivity contribution in [1.82, 2.24) is 24.5 Å². The fraction of sp³-hybridized carbons (Fsp3) is 0.281. The second-order valence-corrected chi connectivity index (χ2v) is 11.4. The number of benzene rings is 2. The molecular formula is C32H33N5O2. The molecule has 3 heterocycles. The van der Waals surface area contributed by atoms with Crippen molar-refractivity contribution in [2.24, 2.45) is 7.05 Å². The number of rotatable bonds is 5. The number of fused-ring (bicyclic) bond motifs is 1. The Balaban J connectivity index is 1.40. The summed E-state index contributed by atoms with van der Waals surface area (Å²) in [5.41, 5.74) is 7.25. The second-order valence-electron chi connectivity index (χ2n) is 11.4. The average molecular weight is 520 g/mol. The zero-order valence-corrected chi connectivity index (χ0v) is 22.8. The van der Waals surface area contributed by atoms with Gasteiger partial charge in [-0.1, -0.05) is 54.6 Å². The van der Waals surface area contributed by atoms with Crippen LogP contribution in [-0.2, 0) is 17.3 Å². The molecule has 1 aliphatic rings. The maximum Gasteiger partial charge on any atom is 0.408 e. The molecule has 1 N–H and O–H groups in total. The van der Waals surface area contributed by atoms with Gasteiger partial charge < -0.3 is 10.1 Å². The van der Waals surface area contributed by atoms with Gasteiger partial charge in [-0.05, 0) is 57.7 Å². The highest BCUT2D eigenvalue weighted by Crippen LogP contribution is 2.42. The second kappa shape index (κ2) is 9.42. The van der Waals surface area contributed by atoms with E-state index >= 15 is 0 Å². The van der Waals surface area contributed by atoms with Gasteiger partial charge in [-0.2, -0.15) is 5.10 Å². The minimum atomic E-state index is -0.535. The van der Waals surface area contributed by atoms with E-state index in [1.807, 2.05) is 51.0 Å². The third-order valence-corrected chi connectivity index (χ3v) is 7.36. The van der Waals surface area contributed by atoms with Gasteiger partial charge >= 0.3 is 6.09 Å². The Hall–Kier alpha value is -4.39. The molecule has 198 valence electrons. The number of nitrogens with one attached hydrogen (secondary N) is 1. The number of hydrogen-bond acceptors (Lipinski definition) is 4. The van der Waals surface area contributed by atoms with Crippen molar-refractivity contribution in [2.75, 3.05) is 0 Å². The van der Waals surface area contributed by atoms with E-state index in [1.165, 1.54) is 0 Å². The van der Waals surface area contributed by atoms with Gasteiger partial charge in [-0.15, -0.1) is 0 Å². The van der Waals surface area contributed by atoms with Gasteiger partial charge in [-0.25, -0.2) is 9.78 Å². The van der Waals surface area contributed by atoms with E-state index in [9.17, 15) is 4.79 Å². The van der Waals surface area contributed by atoms with E-state index in [1.54, 1.807) is 0 Å². The first-order valence-corrected chi connectivity index (χ1v) is 13.4. The van der Waals surface area contributed by atoms with Crippen molar-refractivity contribution in [2.45, 2.75) is 51.2 Å². The maximum absolute atomic E-state index is 12.6. The van der Waals surface area contributed by atoms with Crippen molar-refractivity contribution in [1.29, 1.82) is 0 Å². The third kappa shape index (κ3) is 4.80. The molecule has 0 atom stereocenters. The number of ether oxygens (including phenoxy) is 1. The van der Waals surface area contributed by atoms with Crippen LogP contribution in [0, 0.1) is 0 Å². The van der Waals surface area contributed by atoms with Gasteiger partial charge in [0.25, 0.3) is 0 Å². The molecule has 0 unspecified atom stereocenters. The SMILES string of the molecule is Cn1cc(-c2ccc3nc(-c4ccc(C5(NC(=O)OC(C)(C)C)CCC5)cc4)c(-c4ccccc4)n3c2)cn1. The van der Waals surface area contributed by atoms with E-state index in [2.05, 4.69) is 81.7 Å². The summed E-state index contributed by atoms with van der Waals surface area (Å²) in [5, 5.41) is 7.50. The summed E-state index contributed by atoms with van der Waals surface area (Å²) in [6, 6.07) is 23.0. The minimum absolute atomic E-state index is 0.373. The van der Waals surface area contributed by atoms with Crippen LogP contribution in [0.15, 0.2) is 85.3 Å². The lowest BCUT2D eigenvalue weighted by molar-refractivity contribution is 0.0377. The first kappa shape index (κ1) is 24.9. The van der Waals surface area contributed by atoms with E-state index in [0.29, 0.717) is 0 Å². The fourth-order valence-corrected chi connectivity index (χ4v) is 5.32. The van der Waals surface area contributed by atoms with Crippen molar-refractivity contribution >= 4 is 11.7 Å². The van der Waals surface area contributed by atoms with Crippen LogP contribution in [-0.4, -0.2) is 30.9 Å². The first-order chi connectivity index (χ1) is 18.7. The molecule has 1 saturated carbocycles. The van der Waals surface area contributed by atoms with Gasteiger partial charge in [0.15, 0.2) is 0 Å².